The zero-order chi connectivity index (χ0) is 14.3. The Labute approximate surface area is 114 Å². The van der Waals surface area contributed by atoms with Crippen LogP contribution >= 0.6 is 0 Å². The Balaban J connectivity index is 2.37. The van der Waals surface area contributed by atoms with E-state index in [1.807, 2.05) is 0 Å². The maximum Gasteiger partial charge on any atom is 0.354 e. The number of aromatic carboxylic acids is 1. The van der Waals surface area contributed by atoms with Gasteiger partial charge in [-0.25, -0.2) is 9.78 Å². The molecule has 0 aliphatic rings. The molecule has 0 aromatic carbocycles. The van der Waals surface area contributed by atoms with Crippen LogP contribution in [0.15, 0.2) is 18.2 Å². The SMILES string of the molecule is COCC(C)(C)CCCNc1cccc(C(=O)O)n1. The lowest BCUT2D eigenvalue weighted by molar-refractivity contribution is 0.0690. The monoisotopic (exact) mass is 266 g/mol. The highest BCUT2D eigenvalue weighted by atomic mass is 16.5. The first-order valence-corrected chi connectivity index (χ1v) is 6.38. The van der Waals surface area contributed by atoms with E-state index >= 15 is 0 Å². The van der Waals surface area contributed by atoms with Gasteiger partial charge in [-0.2, -0.15) is 0 Å². The van der Waals surface area contributed by atoms with Crippen molar-refractivity contribution in [2.24, 2.45) is 5.41 Å². The summed E-state index contributed by atoms with van der Waals surface area (Å²) in [6.07, 6.45) is 2.02. The number of nitrogens with one attached hydrogen (secondary N) is 1. The number of carboxylic acid groups (broad SMARTS) is 1. The van der Waals surface area contributed by atoms with Crippen molar-refractivity contribution in [2.45, 2.75) is 26.7 Å². The molecule has 0 fully saturated rings. The van der Waals surface area contributed by atoms with Gasteiger partial charge in [-0.1, -0.05) is 19.9 Å². The van der Waals surface area contributed by atoms with Crippen molar-refractivity contribution < 1.29 is 14.6 Å². The molecule has 1 aromatic rings. The highest BCUT2D eigenvalue weighted by Crippen LogP contribution is 2.22. The molecular weight excluding hydrogens is 244 g/mol. The van der Waals surface area contributed by atoms with E-state index in [9.17, 15) is 4.79 Å². The van der Waals surface area contributed by atoms with Crippen LogP contribution in [-0.4, -0.2) is 36.3 Å². The summed E-state index contributed by atoms with van der Waals surface area (Å²) in [6.45, 7) is 5.84. The summed E-state index contributed by atoms with van der Waals surface area (Å²) in [5.41, 5.74) is 0.219. The minimum Gasteiger partial charge on any atom is -0.477 e. The lowest BCUT2D eigenvalue weighted by atomic mass is 9.89. The number of anilines is 1. The lowest BCUT2D eigenvalue weighted by Gasteiger charge is -2.23. The fraction of sp³-hybridized carbons (Fsp3) is 0.571. The molecule has 0 aliphatic heterocycles. The van der Waals surface area contributed by atoms with E-state index in [-0.39, 0.29) is 11.1 Å². The summed E-state index contributed by atoms with van der Waals surface area (Å²) in [5.74, 6) is -0.408. The molecule has 0 amide bonds. The topological polar surface area (TPSA) is 71.5 Å². The van der Waals surface area contributed by atoms with Gasteiger partial charge >= 0.3 is 5.97 Å². The van der Waals surface area contributed by atoms with Crippen molar-refractivity contribution >= 4 is 11.8 Å². The molecule has 0 bridgehead atoms. The van der Waals surface area contributed by atoms with E-state index in [2.05, 4.69) is 24.1 Å². The Kier molecular flexibility index (Phi) is 5.76. The molecule has 19 heavy (non-hydrogen) atoms. The first-order valence-electron chi connectivity index (χ1n) is 6.38. The van der Waals surface area contributed by atoms with Gasteiger partial charge < -0.3 is 15.2 Å². The van der Waals surface area contributed by atoms with Gasteiger partial charge in [0.25, 0.3) is 0 Å². The molecule has 5 nitrogen and oxygen atoms in total. The molecule has 2 N–H and O–H groups in total. The zero-order valence-corrected chi connectivity index (χ0v) is 11.8. The molecule has 0 spiro atoms. The molecule has 0 saturated carbocycles. The van der Waals surface area contributed by atoms with Crippen LogP contribution in [-0.2, 0) is 4.74 Å². The second-order valence-corrected chi connectivity index (χ2v) is 5.34. The maximum absolute atomic E-state index is 10.8. The van der Waals surface area contributed by atoms with Gasteiger partial charge in [-0.3, -0.25) is 0 Å². The minimum atomic E-state index is -1.01. The van der Waals surface area contributed by atoms with Crippen LogP contribution in [0.3, 0.4) is 0 Å². The fourth-order valence-electron chi connectivity index (χ4n) is 1.90. The fourth-order valence-corrected chi connectivity index (χ4v) is 1.90. The van der Waals surface area contributed by atoms with E-state index in [0.29, 0.717) is 5.82 Å². The Hall–Kier alpha value is -1.62. The van der Waals surface area contributed by atoms with Crippen molar-refractivity contribution in [2.75, 3.05) is 25.6 Å². The third-order valence-electron chi connectivity index (χ3n) is 2.84. The standard InChI is InChI=1S/C14H22N2O3/c1-14(2,10-19-3)8-5-9-15-12-7-4-6-11(16-12)13(17)18/h4,6-7H,5,8-10H2,1-3H3,(H,15,16)(H,17,18). The lowest BCUT2D eigenvalue weighted by Crippen LogP contribution is -2.19. The van der Waals surface area contributed by atoms with Crippen molar-refractivity contribution in [3.8, 4) is 0 Å². The third kappa shape index (κ3) is 5.70. The minimum absolute atomic E-state index is 0.0599. The molecule has 1 heterocycles. The van der Waals surface area contributed by atoms with Crippen LogP contribution in [0.4, 0.5) is 5.82 Å². The Morgan fingerprint density at radius 3 is 2.84 bits per heavy atom. The Morgan fingerprint density at radius 2 is 2.21 bits per heavy atom. The number of methoxy groups -OCH3 is 1. The van der Waals surface area contributed by atoms with Crippen LogP contribution in [0.2, 0.25) is 0 Å². The molecule has 106 valence electrons. The second kappa shape index (κ2) is 7.09. The first kappa shape index (κ1) is 15.4. The average Bonchev–Trinajstić information content (AvgIpc) is 2.35. The van der Waals surface area contributed by atoms with Crippen LogP contribution in [0.5, 0.6) is 0 Å². The number of carboxylic acids is 1. The molecule has 1 aromatic heterocycles. The zero-order valence-electron chi connectivity index (χ0n) is 11.8. The summed E-state index contributed by atoms with van der Waals surface area (Å²) in [5, 5.41) is 12.0. The van der Waals surface area contributed by atoms with Crippen molar-refractivity contribution in [1.29, 1.82) is 0 Å². The predicted molar refractivity (Wildman–Crippen MR) is 74.6 cm³/mol. The number of carbonyl (C=O) groups is 1. The molecular formula is C14H22N2O3. The molecule has 5 heteroatoms. The van der Waals surface area contributed by atoms with Gasteiger partial charge in [0.15, 0.2) is 5.69 Å². The molecule has 1 rings (SSSR count). The van der Waals surface area contributed by atoms with E-state index in [1.54, 1.807) is 19.2 Å². The molecule has 0 radical (unpaired) electrons. The molecule has 0 unspecified atom stereocenters. The van der Waals surface area contributed by atoms with Crippen LogP contribution < -0.4 is 5.32 Å². The number of pyridine rings is 1. The summed E-state index contributed by atoms with van der Waals surface area (Å²) in [4.78, 5) is 14.8. The predicted octanol–water partition coefficient (Wildman–Crippen LogP) is 2.64. The molecule has 0 saturated heterocycles. The van der Waals surface area contributed by atoms with Gasteiger partial charge in [-0.15, -0.1) is 0 Å². The van der Waals surface area contributed by atoms with Crippen LogP contribution in [0.25, 0.3) is 0 Å². The summed E-state index contributed by atoms with van der Waals surface area (Å²) in [7, 11) is 1.71. The molecule has 0 atom stereocenters. The number of rotatable bonds is 8. The number of nitrogens with zero attached hydrogens (tertiary/aromatic N) is 1. The van der Waals surface area contributed by atoms with Gasteiger partial charge in [0.1, 0.15) is 5.82 Å². The quantitative estimate of drug-likeness (QED) is 0.708. The van der Waals surface area contributed by atoms with Gasteiger partial charge in [0.05, 0.1) is 6.61 Å². The van der Waals surface area contributed by atoms with Gasteiger partial charge in [0.2, 0.25) is 0 Å². The van der Waals surface area contributed by atoms with Gasteiger partial charge in [0, 0.05) is 13.7 Å². The maximum atomic E-state index is 10.8. The third-order valence-corrected chi connectivity index (χ3v) is 2.84. The largest absolute Gasteiger partial charge is 0.477 e. The number of hydrogen-bond acceptors (Lipinski definition) is 4. The van der Waals surface area contributed by atoms with E-state index < -0.39 is 5.97 Å². The number of aromatic nitrogens is 1. The average molecular weight is 266 g/mol. The summed E-state index contributed by atoms with van der Waals surface area (Å²) < 4.78 is 5.17. The first-order chi connectivity index (χ1) is 8.94. The highest BCUT2D eigenvalue weighted by molar-refractivity contribution is 5.85. The summed E-state index contributed by atoms with van der Waals surface area (Å²) >= 11 is 0. The highest BCUT2D eigenvalue weighted by Gasteiger charge is 2.16. The smallest absolute Gasteiger partial charge is 0.354 e. The van der Waals surface area contributed by atoms with E-state index in [4.69, 9.17) is 9.84 Å². The number of ether oxygens (including phenoxy) is 1. The second-order valence-electron chi connectivity index (χ2n) is 5.34. The van der Waals surface area contributed by atoms with Crippen LogP contribution in [0, 0.1) is 5.41 Å². The van der Waals surface area contributed by atoms with Crippen LogP contribution in [0.1, 0.15) is 37.2 Å². The van der Waals surface area contributed by atoms with E-state index in [1.165, 1.54) is 6.07 Å². The van der Waals surface area contributed by atoms with Crippen molar-refractivity contribution in [1.82, 2.24) is 4.98 Å². The van der Waals surface area contributed by atoms with Crippen molar-refractivity contribution in [3.63, 3.8) is 0 Å². The Bertz CT molecular complexity index is 419. The summed E-state index contributed by atoms with van der Waals surface area (Å²) in [6, 6.07) is 4.94. The van der Waals surface area contributed by atoms with Crippen molar-refractivity contribution in [3.05, 3.63) is 23.9 Å². The number of hydrogen-bond donors (Lipinski definition) is 2. The normalized spacial score (nSPS) is 11.3. The van der Waals surface area contributed by atoms with E-state index in [0.717, 1.165) is 26.0 Å². The Morgan fingerprint density at radius 1 is 1.47 bits per heavy atom. The van der Waals surface area contributed by atoms with Gasteiger partial charge in [-0.05, 0) is 30.4 Å². The molecule has 0 aliphatic carbocycles.